The Morgan fingerprint density at radius 3 is 1.72 bits per heavy atom. The summed E-state index contributed by atoms with van der Waals surface area (Å²) in [6.45, 7) is 4.29. The largest absolute Gasteiger partial charge is 0.300 e. The lowest BCUT2D eigenvalue weighted by molar-refractivity contribution is -0.118. The van der Waals surface area contributed by atoms with Crippen molar-refractivity contribution < 1.29 is 13.6 Å². The molecule has 4 fully saturated rings. The third kappa shape index (κ3) is 4.11. The van der Waals surface area contributed by atoms with E-state index in [1.807, 2.05) is 6.92 Å². The van der Waals surface area contributed by atoms with E-state index in [-0.39, 0.29) is 24.2 Å². The predicted molar refractivity (Wildman–Crippen MR) is 97.8 cm³/mol. The normalized spacial score (nSPS) is 35.6. The molecule has 2 spiro atoms. The second kappa shape index (κ2) is 7.27. The van der Waals surface area contributed by atoms with Crippen molar-refractivity contribution in [3.05, 3.63) is 0 Å². The molecule has 0 N–H and O–H groups in total. The molecular weight excluding hydrogens is 318 g/mol. The molecule has 0 aromatic rings. The molecule has 4 saturated carbocycles. The number of rotatable bonds is 0. The smallest absolute Gasteiger partial charge is 0.249 e. The number of Topliss-reactive ketones (excluding diaryl/α,β-unsaturated/α-hetero) is 1. The third-order valence-electron chi connectivity index (χ3n) is 8.09. The summed E-state index contributed by atoms with van der Waals surface area (Å²) in [5, 5.41) is 0. The van der Waals surface area contributed by atoms with Crippen molar-refractivity contribution in [2.75, 3.05) is 0 Å². The van der Waals surface area contributed by atoms with Gasteiger partial charge in [0.1, 0.15) is 5.78 Å². The van der Waals surface area contributed by atoms with Crippen LogP contribution in [0.15, 0.2) is 0 Å². The minimum Gasteiger partial charge on any atom is -0.300 e. The van der Waals surface area contributed by atoms with Crippen LogP contribution in [0.5, 0.6) is 0 Å². The van der Waals surface area contributed by atoms with Crippen LogP contribution in [0.1, 0.15) is 104 Å². The summed E-state index contributed by atoms with van der Waals surface area (Å²) in [6.07, 6.45) is 14.5. The van der Waals surface area contributed by atoms with Gasteiger partial charge in [0.25, 0.3) is 0 Å². The molecule has 25 heavy (non-hydrogen) atoms. The van der Waals surface area contributed by atoms with Gasteiger partial charge < -0.3 is 0 Å². The van der Waals surface area contributed by atoms with Crippen LogP contribution in [-0.4, -0.2) is 11.7 Å². The maximum absolute atomic E-state index is 13.2. The SMILES string of the molecule is C[C@@H]1CC(=O)CC12CCCCC2.C[C@@H]1CC(F)(F)CC12CCCCC2. The highest BCUT2D eigenvalue weighted by Gasteiger charge is 2.53. The summed E-state index contributed by atoms with van der Waals surface area (Å²) < 4.78 is 26.4. The summed E-state index contributed by atoms with van der Waals surface area (Å²) >= 11 is 0. The molecule has 0 bridgehead atoms. The van der Waals surface area contributed by atoms with Crippen molar-refractivity contribution in [3.8, 4) is 0 Å². The molecule has 0 saturated heterocycles. The summed E-state index contributed by atoms with van der Waals surface area (Å²) in [7, 11) is 0. The Labute approximate surface area is 152 Å². The van der Waals surface area contributed by atoms with Gasteiger partial charge in [-0.25, -0.2) is 8.78 Å². The molecule has 3 heteroatoms. The molecule has 0 amide bonds. The average molecular weight is 355 g/mol. The molecule has 0 radical (unpaired) electrons. The van der Waals surface area contributed by atoms with Gasteiger partial charge in [0, 0.05) is 25.7 Å². The van der Waals surface area contributed by atoms with Crippen LogP contribution in [-0.2, 0) is 4.79 Å². The van der Waals surface area contributed by atoms with Crippen LogP contribution in [0.2, 0.25) is 0 Å². The van der Waals surface area contributed by atoms with Crippen molar-refractivity contribution in [1.29, 1.82) is 0 Å². The molecule has 0 unspecified atom stereocenters. The lowest BCUT2D eigenvalue weighted by Crippen LogP contribution is -2.27. The van der Waals surface area contributed by atoms with Gasteiger partial charge in [0.05, 0.1) is 0 Å². The monoisotopic (exact) mass is 354 g/mol. The molecule has 4 rings (SSSR count). The van der Waals surface area contributed by atoms with E-state index in [1.54, 1.807) is 0 Å². The van der Waals surface area contributed by atoms with Gasteiger partial charge in [0.15, 0.2) is 0 Å². The fraction of sp³-hybridized carbons (Fsp3) is 0.955. The topological polar surface area (TPSA) is 17.1 Å². The van der Waals surface area contributed by atoms with Crippen molar-refractivity contribution in [2.45, 2.75) is 110 Å². The van der Waals surface area contributed by atoms with Crippen LogP contribution in [0.25, 0.3) is 0 Å². The highest BCUT2D eigenvalue weighted by atomic mass is 19.3. The van der Waals surface area contributed by atoms with Crippen LogP contribution in [0.3, 0.4) is 0 Å². The first-order valence-corrected chi connectivity index (χ1v) is 10.7. The summed E-state index contributed by atoms with van der Waals surface area (Å²) in [5.41, 5.74) is 0.469. The molecule has 2 atom stereocenters. The number of carbonyl (C=O) groups is 1. The molecule has 4 aliphatic rings. The first-order valence-electron chi connectivity index (χ1n) is 10.7. The minimum absolute atomic E-state index is 0.0156. The van der Waals surface area contributed by atoms with Crippen molar-refractivity contribution in [1.82, 2.24) is 0 Å². The van der Waals surface area contributed by atoms with Gasteiger partial charge in [-0.3, -0.25) is 4.79 Å². The molecular formula is C22H36F2O. The molecule has 0 aromatic heterocycles. The zero-order chi connectivity index (χ0) is 18.1. The zero-order valence-corrected chi connectivity index (χ0v) is 16.2. The number of halogens is 2. The predicted octanol–water partition coefficient (Wildman–Crippen LogP) is 6.94. The van der Waals surface area contributed by atoms with Crippen molar-refractivity contribution >= 4 is 5.78 Å². The molecule has 0 aliphatic heterocycles. The Hall–Kier alpha value is -0.470. The first-order chi connectivity index (χ1) is 11.8. The Kier molecular flexibility index (Phi) is 5.61. The minimum atomic E-state index is -2.36. The second-order valence-electron chi connectivity index (χ2n) is 9.80. The van der Waals surface area contributed by atoms with Gasteiger partial charge in [-0.05, 0) is 48.3 Å². The standard InChI is InChI=1S/C11H18F2.C11H18O/c1-9-7-11(12,13)8-10(9)5-3-2-4-6-10;1-9-7-10(12)8-11(9)5-3-2-4-6-11/h9H,2-8H2,1H3;9H,2-8H2,1H3/t2*9-/m11/s1. The van der Waals surface area contributed by atoms with E-state index in [9.17, 15) is 13.6 Å². The molecule has 0 aromatic carbocycles. The van der Waals surface area contributed by atoms with Crippen molar-refractivity contribution in [3.63, 3.8) is 0 Å². The van der Waals surface area contributed by atoms with E-state index in [0.717, 1.165) is 25.7 Å². The third-order valence-corrected chi connectivity index (χ3v) is 8.09. The van der Waals surface area contributed by atoms with Crippen LogP contribution >= 0.6 is 0 Å². The van der Waals surface area contributed by atoms with Crippen LogP contribution in [0.4, 0.5) is 8.78 Å². The number of carbonyl (C=O) groups excluding carboxylic acids is 1. The van der Waals surface area contributed by atoms with Gasteiger partial charge in [-0.15, -0.1) is 0 Å². The van der Waals surface area contributed by atoms with E-state index >= 15 is 0 Å². The van der Waals surface area contributed by atoms with Gasteiger partial charge >= 0.3 is 0 Å². The highest BCUT2D eigenvalue weighted by Crippen LogP contribution is 2.57. The quantitative estimate of drug-likeness (QED) is 0.460. The van der Waals surface area contributed by atoms with E-state index < -0.39 is 5.92 Å². The van der Waals surface area contributed by atoms with E-state index in [2.05, 4.69) is 6.92 Å². The Morgan fingerprint density at radius 2 is 1.32 bits per heavy atom. The number of ketones is 1. The summed E-state index contributed by atoms with van der Waals surface area (Å²) in [4.78, 5) is 11.3. The molecule has 4 aliphatic carbocycles. The van der Waals surface area contributed by atoms with Crippen LogP contribution in [0, 0.1) is 22.7 Å². The Morgan fingerprint density at radius 1 is 0.800 bits per heavy atom. The van der Waals surface area contributed by atoms with E-state index in [0.29, 0.717) is 17.1 Å². The van der Waals surface area contributed by atoms with Gasteiger partial charge in [-0.1, -0.05) is 52.4 Å². The summed E-state index contributed by atoms with van der Waals surface area (Å²) in [5.74, 6) is -0.936. The fourth-order valence-electron chi connectivity index (χ4n) is 6.47. The van der Waals surface area contributed by atoms with Crippen LogP contribution < -0.4 is 0 Å². The van der Waals surface area contributed by atoms with Crippen molar-refractivity contribution in [2.24, 2.45) is 22.7 Å². The van der Waals surface area contributed by atoms with Gasteiger partial charge in [-0.2, -0.15) is 0 Å². The second-order valence-corrected chi connectivity index (χ2v) is 9.80. The zero-order valence-electron chi connectivity index (χ0n) is 16.2. The number of hydrogen-bond donors (Lipinski definition) is 0. The Bertz CT molecular complexity index is 472. The fourth-order valence-corrected chi connectivity index (χ4v) is 6.47. The first kappa shape index (κ1) is 19.3. The Balaban J connectivity index is 0.000000146. The van der Waals surface area contributed by atoms with E-state index in [1.165, 1.54) is 51.4 Å². The van der Waals surface area contributed by atoms with Gasteiger partial charge in [0.2, 0.25) is 5.92 Å². The average Bonchev–Trinajstić information content (AvgIpc) is 2.93. The maximum Gasteiger partial charge on any atom is 0.249 e. The highest BCUT2D eigenvalue weighted by molar-refractivity contribution is 5.82. The van der Waals surface area contributed by atoms with E-state index in [4.69, 9.17) is 0 Å². The lowest BCUT2D eigenvalue weighted by atomic mass is 9.68. The number of hydrogen-bond acceptors (Lipinski definition) is 1. The summed E-state index contributed by atoms with van der Waals surface area (Å²) in [6, 6.07) is 0. The maximum atomic E-state index is 13.2. The number of alkyl halides is 2. The lowest BCUT2D eigenvalue weighted by Gasteiger charge is -2.37. The molecule has 144 valence electrons. The molecule has 1 nitrogen and oxygen atoms in total. The molecule has 0 heterocycles.